The molecule has 4 rings (SSSR count). The van der Waals surface area contributed by atoms with Crippen LogP contribution in [-0.2, 0) is 16.0 Å². The van der Waals surface area contributed by atoms with Crippen molar-refractivity contribution in [2.45, 2.75) is 19.4 Å². The second-order valence-corrected chi connectivity index (χ2v) is 8.13. The normalized spacial score (nSPS) is 15.6. The number of halogens is 1. The van der Waals surface area contributed by atoms with Gasteiger partial charge in [-0.1, -0.05) is 72.3 Å². The number of amides is 2. The van der Waals surface area contributed by atoms with Crippen molar-refractivity contribution in [3.8, 4) is 0 Å². The second kappa shape index (κ2) is 9.79. The third kappa shape index (κ3) is 4.89. The molecule has 3 aromatic rings. The lowest BCUT2D eigenvalue weighted by Gasteiger charge is -2.24. The Kier molecular flexibility index (Phi) is 6.66. The molecular weight excluding hydrogens is 422 g/mol. The van der Waals surface area contributed by atoms with Crippen molar-refractivity contribution < 1.29 is 9.59 Å². The maximum absolute atomic E-state index is 13.2. The topological polar surface area (TPSA) is 61.8 Å². The second-order valence-electron chi connectivity index (χ2n) is 7.69. The third-order valence-electron chi connectivity index (χ3n) is 5.38. The van der Waals surface area contributed by atoms with Crippen LogP contribution >= 0.6 is 11.6 Å². The van der Waals surface area contributed by atoms with Gasteiger partial charge in [0.1, 0.15) is 12.6 Å². The molecule has 0 spiro atoms. The highest BCUT2D eigenvalue weighted by molar-refractivity contribution is 6.32. The van der Waals surface area contributed by atoms with Gasteiger partial charge >= 0.3 is 0 Å². The predicted molar refractivity (Wildman–Crippen MR) is 129 cm³/mol. The number of carbonyl (C=O) groups excluding carboxylic acids is 2. The van der Waals surface area contributed by atoms with E-state index in [-0.39, 0.29) is 18.4 Å². The lowest BCUT2D eigenvalue weighted by molar-refractivity contribution is -0.124. The Balaban J connectivity index is 1.58. The third-order valence-corrected chi connectivity index (χ3v) is 5.61. The van der Waals surface area contributed by atoms with Crippen LogP contribution in [-0.4, -0.2) is 36.7 Å². The smallest absolute Gasteiger partial charge is 0.252 e. The molecule has 5 nitrogen and oxygen atoms in total. The standard InChI is InChI=1S/C26H24ClN3O2/c1-18-26(32)30(17-24(31)28-15-14-19-8-4-2-5-9-19)23-13-12-21(27)16-22(23)25(29-18)20-10-6-3-7-11-20/h2-13,16,18H,14-15,17H2,1H3,(H,28,31). The van der Waals surface area contributed by atoms with Gasteiger partial charge in [-0.3, -0.25) is 14.6 Å². The summed E-state index contributed by atoms with van der Waals surface area (Å²) in [4.78, 5) is 32.1. The van der Waals surface area contributed by atoms with Crippen LogP contribution in [0.4, 0.5) is 5.69 Å². The summed E-state index contributed by atoms with van der Waals surface area (Å²) in [6, 6.07) is 24.3. The van der Waals surface area contributed by atoms with Gasteiger partial charge in [0, 0.05) is 22.7 Å². The summed E-state index contributed by atoms with van der Waals surface area (Å²) in [7, 11) is 0. The van der Waals surface area contributed by atoms with Crippen LogP contribution in [0.2, 0.25) is 5.02 Å². The number of carbonyl (C=O) groups is 2. The van der Waals surface area contributed by atoms with E-state index in [2.05, 4.69) is 5.32 Å². The van der Waals surface area contributed by atoms with Gasteiger partial charge in [0.25, 0.3) is 5.91 Å². The summed E-state index contributed by atoms with van der Waals surface area (Å²) >= 11 is 6.30. The number of benzodiazepines with no additional fused rings is 1. The Morgan fingerprint density at radius 3 is 2.44 bits per heavy atom. The quantitative estimate of drug-likeness (QED) is 0.615. The van der Waals surface area contributed by atoms with Crippen molar-refractivity contribution in [1.82, 2.24) is 5.32 Å². The Hall–Kier alpha value is -3.44. The number of hydrogen-bond acceptors (Lipinski definition) is 3. The molecule has 0 radical (unpaired) electrons. The molecular formula is C26H24ClN3O2. The number of aliphatic imine (C=N–C) groups is 1. The number of benzene rings is 3. The first-order valence-electron chi connectivity index (χ1n) is 10.6. The fraction of sp³-hybridized carbons (Fsp3) is 0.192. The highest BCUT2D eigenvalue weighted by Gasteiger charge is 2.31. The highest BCUT2D eigenvalue weighted by Crippen LogP contribution is 2.30. The zero-order valence-corrected chi connectivity index (χ0v) is 18.5. The van der Waals surface area contributed by atoms with Gasteiger partial charge in [0.05, 0.1) is 11.4 Å². The molecule has 162 valence electrons. The monoisotopic (exact) mass is 445 g/mol. The van der Waals surface area contributed by atoms with E-state index in [9.17, 15) is 9.59 Å². The van der Waals surface area contributed by atoms with Crippen LogP contribution in [0.25, 0.3) is 0 Å². The number of hydrogen-bond donors (Lipinski definition) is 1. The molecule has 32 heavy (non-hydrogen) atoms. The largest absolute Gasteiger partial charge is 0.354 e. The number of nitrogens with zero attached hydrogens (tertiary/aromatic N) is 2. The molecule has 1 aliphatic heterocycles. The van der Waals surface area contributed by atoms with E-state index >= 15 is 0 Å². The average Bonchev–Trinajstić information content (AvgIpc) is 2.90. The molecule has 1 N–H and O–H groups in total. The maximum atomic E-state index is 13.2. The molecule has 0 saturated carbocycles. The first-order chi connectivity index (χ1) is 15.5. The van der Waals surface area contributed by atoms with Gasteiger partial charge in [0.2, 0.25) is 5.91 Å². The molecule has 0 saturated heterocycles. The number of anilines is 1. The number of nitrogens with one attached hydrogen (secondary N) is 1. The Morgan fingerprint density at radius 1 is 1.03 bits per heavy atom. The van der Waals surface area contributed by atoms with Crippen molar-refractivity contribution in [2.24, 2.45) is 4.99 Å². The summed E-state index contributed by atoms with van der Waals surface area (Å²) in [5.41, 5.74) is 4.09. The van der Waals surface area contributed by atoms with Gasteiger partial charge in [-0.25, -0.2) is 0 Å². The minimum Gasteiger partial charge on any atom is -0.354 e. The Labute approximate surface area is 192 Å². The maximum Gasteiger partial charge on any atom is 0.252 e. The number of rotatable bonds is 6. The lowest BCUT2D eigenvalue weighted by Crippen LogP contribution is -2.44. The van der Waals surface area contributed by atoms with Crippen LogP contribution in [0, 0.1) is 0 Å². The van der Waals surface area contributed by atoms with Crippen molar-refractivity contribution in [3.05, 3.63) is 101 Å². The van der Waals surface area contributed by atoms with Crippen LogP contribution < -0.4 is 10.2 Å². The fourth-order valence-electron chi connectivity index (χ4n) is 3.78. The molecule has 1 aliphatic rings. The van der Waals surface area contributed by atoms with Crippen LogP contribution in [0.1, 0.15) is 23.6 Å². The molecule has 1 atom stereocenters. The summed E-state index contributed by atoms with van der Waals surface area (Å²) in [5, 5.41) is 3.47. The molecule has 0 bridgehead atoms. The van der Waals surface area contributed by atoms with Gasteiger partial charge < -0.3 is 10.2 Å². The molecule has 0 fully saturated rings. The van der Waals surface area contributed by atoms with E-state index in [0.717, 1.165) is 23.1 Å². The highest BCUT2D eigenvalue weighted by atomic mass is 35.5. The lowest BCUT2D eigenvalue weighted by atomic mass is 10.00. The molecule has 1 unspecified atom stereocenters. The number of fused-ring (bicyclic) bond motifs is 1. The van der Waals surface area contributed by atoms with E-state index in [1.165, 1.54) is 4.90 Å². The molecule has 2 amide bonds. The van der Waals surface area contributed by atoms with Crippen molar-refractivity contribution in [1.29, 1.82) is 0 Å². The van der Waals surface area contributed by atoms with Crippen LogP contribution in [0.5, 0.6) is 0 Å². The van der Waals surface area contributed by atoms with Crippen LogP contribution in [0.3, 0.4) is 0 Å². The Bertz CT molecular complexity index is 1150. The first kappa shape index (κ1) is 21.8. The SMILES string of the molecule is CC1N=C(c2ccccc2)c2cc(Cl)ccc2N(CC(=O)NCCc2ccccc2)C1=O. The van der Waals surface area contributed by atoms with Crippen molar-refractivity contribution in [2.75, 3.05) is 18.0 Å². The van der Waals surface area contributed by atoms with Crippen molar-refractivity contribution >= 4 is 34.8 Å². The zero-order chi connectivity index (χ0) is 22.5. The van der Waals surface area contributed by atoms with Crippen LogP contribution in [0.15, 0.2) is 83.9 Å². The van der Waals surface area contributed by atoms with Crippen molar-refractivity contribution in [3.63, 3.8) is 0 Å². The van der Waals surface area contributed by atoms with Gasteiger partial charge in [-0.05, 0) is 37.1 Å². The van der Waals surface area contributed by atoms with E-state index in [4.69, 9.17) is 16.6 Å². The minimum atomic E-state index is -0.631. The Morgan fingerprint density at radius 2 is 1.72 bits per heavy atom. The van der Waals surface area contributed by atoms with Gasteiger partial charge in [0.15, 0.2) is 0 Å². The summed E-state index contributed by atoms with van der Waals surface area (Å²) < 4.78 is 0. The van der Waals surface area contributed by atoms with Gasteiger partial charge in [-0.2, -0.15) is 0 Å². The molecule has 0 aromatic heterocycles. The van der Waals surface area contributed by atoms with E-state index in [1.807, 2.05) is 60.7 Å². The summed E-state index contributed by atoms with van der Waals surface area (Å²) in [6.07, 6.45) is 0.727. The summed E-state index contributed by atoms with van der Waals surface area (Å²) in [6.45, 7) is 2.17. The average molecular weight is 446 g/mol. The minimum absolute atomic E-state index is 0.0792. The molecule has 6 heteroatoms. The first-order valence-corrected chi connectivity index (χ1v) is 11.0. The fourth-order valence-corrected chi connectivity index (χ4v) is 3.95. The molecule has 3 aromatic carbocycles. The van der Waals surface area contributed by atoms with Gasteiger partial charge in [-0.15, -0.1) is 0 Å². The predicted octanol–water partition coefficient (Wildman–Crippen LogP) is 4.27. The van der Waals surface area contributed by atoms with E-state index in [1.54, 1.807) is 25.1 Å². The summed E-state index contributed by atoms with van der Waals surface area (Å²) in [5.74, 6) is -0.441. The molecule has 0 aliphatic carbocycles. The zero-order valence-electron chi connectivity index (χ0n) is 17.8. The van der Waals surface area contributed by atoms with E-state index in [0.29, 0.717) is 23.0 Å². The molecule has 1 heterocycles. The van der Waals surface area contributed by atoms with E-state index < -0.39 is 6.04 Å².